The first-order chi connectivity index (χ1) is 6.92. The van der Waals surface area contributed by atoms with E-state index in [-0.39, 0.29) is 5.41 Å². The van der Waals surface area contributed by atoms with Crippen LogP contribution in [0.5, 0.6) is 0 Å². The highest BCUT2D eigenvalue weighted by molar-refractivity contribution is 5.68. The summed E-state index contributed by atoms with van der Waals surface area (Å²) in [6, 6.07) is 0.517. The van der Waals surface area contributed by atoms with Crippen LogP contribution in [-0.4, -0.2) is 18.8 Å². The van der Waals surface area contributed by atoms with E-state index in [1.165, 1.54) is 0 Å². The smallest absolute Gasteiger partial charge is 0.0339 e. The third-order valence-electron chi connectivity index (χ3n) is 2.72. The molecule has 0 saturated carbocycles. The van der Waals surface area contributed by atoms with E-state index in [9.17, 15) is 0 Å². The monoisotopic (exact) mass is 211 g/mol. The topological polar surface area (TPSA) is 50.4 Å². The van der Waals surface area contributed by atoms with Gasteiger partial charge in [0.25, 0.3) is 0 Å². The molecule has 0 radical (unpaired) electrons. The zero-order valence-corrected chi connectivity index (χ0v) is 10.6. The van der Waals surface area contributed by atoms with E-state index >= 15 is 0 Å². The standard InChI is InChI=1S/C12H25N3/c1-10(2)12(5,9-15-13)7-6-8-14-11(3)4/h6-7,9-11,14H,8,13H2,1-5H3/b7-6-,15-9-. The normalized spacial score (nSPS) is 17.0. The maximum atomic E-state index is 5.22. The molecule has 0 fully saturated rings. The molecule has 3 heteroatoms. The van der Waals surface area contributed by atoms with Gasteiger partial charge in [-0.25, -0.2) is 0 Å². The van der Waals surface area contributed by atoms with Gasteiger partial charge in [-0.3, -0.25) is 0 Å². The molecular formula is C12H25N3. The van der Waals surface area contributed by atoms with Crippen molar-refractivity contribution in [2.45, 2.75) is 40.7 Å². The quantitative estimate of drug-likeness (QED) is 0.306. The average Bonchev–Trinajstić information content (AvgIpc) is 2.12. The van der Waals surface area contributed by atoms with Gasteiger partial charge in [0.2, 0.25) is 0 Å². The fourth-order valence-corrected chi connectivity index (χ4v) is 1.16. The fraction of sp³-hybridized carbons (Fsp3) is 0.750. The Hall–Kier alpha value is -0.830. The molecule has 1 atom stereocenters. The van der Waals surface area contributed by atoms with E-state index in [1.807, 2.05) is 6.21 Å². The first kappa shape index (κ1) is 14.2. The number of nitrogens with zero attached hydrogens (tertiary/aromatic N) is 1. The number of nitrogens with one attached hydrogen (secondary N) is 1. The predicted molar refractivity (Wildman–Crippen MR) is 67.9 cm³/mol. The van der Waals surface area contributed by atoms with Gasteiger partial charge in [0.1, 0.15) is 0 Å². The number of hydrogen-bond donors (Lipinski definition) is 2. The van der Waals surface area contributed by atoms with E-state index in [0.29, 0.717) is 12.0 Å². The molecule has 0 bridgehead atoms. The Balaban J connectivity index is 4.29. The van der Waals surface area contributed by atoms with Crippen molar-refractivity contribution < 1.29 is 0 Å². The van der Waals surface area contributed by atoms with E-state index in [0.717, 1.165) is 6.54 Å². The molecule has 3 N–H and O–H groups in total. The molecule has 0 saturated heterocycles. The zero-order valence-electron chi connectivity index (χ0n) is 10.6. The summed E-state index contributed by atoms with van der Waals surface area (Å²) in [5, 5.41) is 6.98. The molecule has 0 aromatic heterocycles. The van der Waals surface area contributed by atoms with E-state index < -0.39 is 0 Å². The molecule has 0 aliphatic heterocycles. The number of hydrogen-bond acceptors (Lipinski definition) is 3. The van der Waals surface area contributed by atoms with Crippen LogP contribution in [-0.2, 0) is 0 Å². The minimum absolute atomic E-state index is 0.0482. The molecule has 0 heterocycles. The molecule has 88 valence electrons. The van der Waals surface area contributed by atoms with Crippen LogP contribution in [0.4, 0.5) is 0 Å². The molecule has 0 aromatic rings. The van der Waals surface area contributed by atoms with Crippen molar-refractivity contribution in [2.75, 3.05) is 6.54 Å². The van der Waals surface area contributed by atoms with Crippen LogP contribution >= 0.6 is 0 Å². The summed E-state index contributed by atoms with van der Waals surface area (Å²) in [6.07, 6.45) is 6.12. The minimum Gasteiger partial charge on any atom is -0.324 e. The summed E-state index contributed by atoms with van der Waals surface area (Å²) in [5.74, 6) is 5.71. The van der Waals surface area contributed by atoms with Gasteiger partial charge in [-0.15, -0.1) is 0 Å². The maximum Gasteiger partial charge on any atom is 0.0339 e. The summed E-state index contributed by atoms with van der Waals surface area (Å²) in [5.41, 5.74) is -0.0482. The largest absolute Gasteiger partial charge is 0.324 e. The van der Waals surface area contributed by atoms with Crippen molar-refractivity contribution in [3.63, 3.8) is 0 Å². The lowest BCUT2D eigenvalue weighted by Gasteiger charge is -2.25. The summed E-state index contributed by atoms with van der Waals surface area (Å²) in [6.45, 7) is 11.6. The predicted octanol–water partition coefficient (Wildman–Crippen LogP) is 2.15. The van der Waals surface area contributed by atoms with Crippen LogP contribution in [0, 0.1) is 11.3 Å². The van der Waals surface area contributed by atoms with E-state index in [2.05, 4.69) is 57.2 Å². The lowest BCUT2D eigenvalue weighted by molar-refractivity contribution is 0.421. The molecule has 0 amide bonds. The van der Waals surface area contributed by atoms with Crippen molar-refractivity contribution in [3.05, 3.63) is 12.2 Å². The second kappa shape index (κ2) is 6.62. The first-order valence-electron chi connectivity index (χ1n) is 5.58. The van der Waals surface area contributed by atoms with Crippen LogP contribution in [0.15, 0.2) is 17.3 Å². The lowest BCUT2D eigenvalue weighted by Crippen LogP contribution is -2.25. The molecule has 0 aliphatic carbocycles. The Morgan fingerprint density at radius 1 is 1.33 bits per heavy atom. The van der Waals surface area contributed by atoms with Gasteiger partial charge >= 0.3 is 0 Å². The molecular weight excluding hydrogens is 186 g/mol. The Morgan fingerprint density at radius 2 is 1.93 bits per heavy atom. The van der Waals surface area contributed by atoms with Gasteiger partial charge in [0.05, 0.1) is 0 Å². The Kier molecular flexibility index (Phi) is 6.25. The second-order valence-corrected chi connectivity index (χ2v) is 4.76. The van der Waals surface area contributed by atoms with Gasteiger partial charge < -0.3 is 11.2 Å². The Bertz CT molecular complexity index is 219. The summed E-state index contributed by atoms with van der Waals surface area (Å²) in [4.78, 5) is 0. The van der Waals surface area contributed by atoms with Crippen LogP contribution in [0.2, 0.25) is 0 Å². The van der Waals surface area contributed by atoms with Crippen LogP contribution in [0.1, 0.15) is 34.6 Å². The SMILES string of the molecule is CC(C)NC/C=C\C(C)(/C=N\N)C(C)C. The summed E-state index contributed by atoms with van der Waals surface area (Å²) >= 11 is 0. The van der Waals surface area contributed by atoms with Crippen molar-refractivity contribution in [1.82, 2.24) is 5.32 Å². The van der Waals surface area contributed by atoms with Crippen LogP contribution < -0.4 is 11.2 Å². The Morgan fingerprint density at radius 3 is 2.33 bits per heavy atom. The van der Waals surface area contributed by atoms with Crippen LogP contribution in [0.25, 0.3) is 0 Å². The number of allylic oxidation sites excluding steroid dienone is 1. The van der Waals surface area contributed by atoms with Gasteiger partial charge in [-0.05, 0) is 5.92 Å². The third-order valence-corrected chi connectivity index (χ3v) is 2.72. The second-order valence-electron chi connectivity index (χ2n) is 4.76. The molecule has 0 aliphatic rings. The summed E-state index contributed by atoms with van der Waals surface area (Å²) < 4.78 is 0. The molecule has 1 unspecified atom stereocenters. The number of nitrogens with two attached hydrogens (primary N) is 1. The highest BCUT2D eigenvalue weighted by Crippen LogP contribution is 2.26. The van der Waals surface area contributed by atoms with Gasteiger partial charge in [0, 0.05) is 24.2 Å². The van der Waals surface area contributed by atoms with Gasteiger partial charge in [-0.2, -0.15) is 5.10 Å². The maximum absolute atomic E-state index is 5.22. The zero-order chi connectivity index (χ0) is 11.9. The molecule has 3 nitrogen and oxygen atoms in total. The number of hydrazone groups is 1. The third kappa shape index (κ3) is 5.57. The minimum atomic E-state index is -0.0482. The van der Waals surface area contributed by atoms with E-state index in [4.69, 9.17) is 5.84 Å². The van der Waals surface area contributed by atoms with Gasteiger partial charge in [-0.1, -0.05) is 46.8 Å². The van der Waals surface area contributed by atoms with Gasteiger partial charge in [0.15, 0.2) is 0 Å². The molecule has 0 rings (SSSR count). The van der Waals surface area contributed by atoms with Crippen molar-refractivity contribution in [2.24, 2.45) is 22.3 Å². The first-order valence-corrected chi connectivity index (χ1v) is 5.58. The molecule has 0 aromatic carbocycles. The molecule has 0 spiro atoms. The highest BCUT2D eigenvalue weighted by Gasteiger charge is 2.22. The van der Waals surface area contributed by atoms with Crippen molar-refractivity contribution >= 4 is 6.21 Å². The Labute approximate surface area is 93.8 Å². The van der Waals surface area contributed by atoms with E-state index in [1.54, 1.807) is 0 Å². The highest BCUT2D eigenvalue weighted by atomic mass is 15.1. The van der Waals surface area contributed by atoms with Crippen molar-refractivity contribution in [3.8, 4) is 0 Å². The average molecular weight is 211 g/mol. The van der Waals surface area contributed by atoms with Crippen LogP contribution in [0.3, 0.4) is 0 Å². The summed E-state index contributed by atoms with van der Waals surface area (Å²) in [7, 11) is 0. The molecule has 15 heavy (non-hydrogen) atoms. The van der Waals surface area contributed by atoms with Crippen molar-refractivity contribution in [1.29, 1.82) is 0 Å². The fourth-order valence-electron chi connectivity index (χ4n) is 1.16. The number of rotatable bonds is 6. The lowest BCUT2D eigenvalue weighted by atomic mass is 9.80.